The van der Waals surface area contributed by atoms with E-state index in [4.69, 9.17) is 16.0 Å². The van der Waals surface area contributed by atoms with E-state index in [1.165, 1.54) is 17.6 Å². The van der Waals surface area contributed by atoms with Gasteiger partial charge in [0, 0.05) is 12.6 Å². The first-order valence-corrected chi connectivity index (χ1v) is 9.83. The minimum Gasteiger partial charge on any atom is -0.408 e. The van der Waals surface area contributed by atoms with E-state index in [-0.39, 0.29) is 21.1 Å². The number of anilines is 1. The Morgan fingerprint density at radius 1 is 1.21 bits per heavy atom. The number of nitrogens with one attached hydrogen (secondary N) is 1. The normalized spacial score (nSPS) is 12.5. The van der Waals surface area contributed by atoms with Crippen LogP contribution in [-0.4, -0.2) is 13.0 Å². The summed E-state index contributed by atoms with van der Waals surface area (Å²) >= 11 is 5.86. The molecule has 0 saturated carbocycles. The van der Waals surface area contributed by atoms with Crippen LogP contribution in [0.2, 0.25) is 5.02 Å². The van der Waals surface area contributed by atoms with E-state index in [0.29, 0.717) is 18.1 Å². The Hall–Kier alpha value is -2.46. The fourth-order valence-electron chi connectivity index (χ4n) is 2.76. The number of rotatable bonds is 4. The molecule has 0 amide bonds. The summed E-state index contributed by atoms with van der Waals surface area (Å²) in [5.74, 6) is -0.639. The number of benzene rings is 2. The minimum atomic E-state index is -4.66. The topological polar surface area (TPSA) is 81.3 Å². The molecule has 1 heterocycles. The second-order valence-electron chi connectivity index (χ2n) is 6.00. The summed E-state index contributed by atoms with van der Waals surface area (Å²) in [7, 11) is -4.30. The number of oxazole rings is 1. The molecule has 3 aromatic rings. The van der Waals surface area contributed by atoms with Crippen molar-refractivity contribution in [2.75, 3.05) is 4.72 Å². The molecule has 3 rings (SSSR count). The van der Waals surface area contributed by atoms with Crippen LogP contribution in [0.3, 0.4) is 0 Å². The summed E-state index contributed by atoms with van der Waals surface area (Å²) < 4.78 is 72.7. The van der Waals surface area contributed by atoms with Crippen LogP contribution >= 0.6 is 11.6 Å². The Kier molecular flexibility index (Phi) is 4.96. The van der Waals surface area contributed by atoms with Gasteiger partial charge in [-0.15, -0.1) is 0 Å². The number of halogens is 4. The van der Waals surface area contributed by atoms with Gasteiger partial charge < -0.3 is 4.42 Å². The Balaban J connectivity index is 2.09. The Bertz CT molecular complexity index is 1230. The van der Waals surface area contributed by atoms with Crippen molar-refractivity contribution in [2.45, 2.75) is 31.5 Å². The van der Waals surface area contributed by atoms with Gasteiger partial charge in [0.1, 0.15) is 0 Å². The van der Waals surface area contributed by atoms with Gasteiger partial charge in [-0.25, -0.2) is 13.2 Å². The van der Waals surface area contributed by atoms with Gasteiger partial charge in [0.05, 0.1) is 26.7 Å². The van der Waals surface area contributed by atoms with Crippen LogP contribution in [0, 0.1) is 6.92 Å². The van der Waals surface area contributed by atoms with Gasteiger partial charge in [-0.05, 0) is 43.7 Å². The number of sulfonamides is 1. The van der Waals surface area contributed by atoms with Gasteiger partial charge in [-0.1, -0.05) is 11.6 Å². The second-order valence-corrected chi connectivity index (χ2v) is 8.05. The molecule has 6 nitrogen and oxygen atoms in total. The molecule has 150 valence electrons. The van der Waals surface area contributed by atoms with Crippen molar-refractivity contribution in [1.29, 1.82) is 0 Å². The van der Waals surface area contributed by atoms with Crippen LogP contribution in [0.1, 0.15) is 18.1 Å². The van der Waals surface area contributed by atoms with Crippen molar-refractivity contribution in [3.05, 3.63) is 57.0 Å². The van der Waals surface area contributed by atoms with Crippen LogP contribution in [-0.2, 0) is 22.7 Å². The standard InChI is InChI=1S/C17H14ClF3N2O4S/c1-3-23-13-6-9(2)15(8-14(13)27-16(23)24)28(25,26)22-12-7-10(17(19,20)21)4-5-11(12)18/h4-8,22H,3H2,1-2H3. The fourth-order valence-corrected chi connectivity index (χ4v) is 4.30. The zero-order valence-corrected chi connectivity index (χ0v) is 16.2. The van der Waals surface area contributed by atoms with Gasteiger partial charge in [0.2, 0.25) is 0 Å². The summed E-state index contributed by atoms with van der Waals surface area (Å²) in [6.45, 7) is 3.56. The summed E-state index contributed by atoms with van der Waals surface area (Å²) in [6.07, 6.45) is -4.66. The van der Waals surface area contributed by atoms with Crippen molar-refractivity contribution in [2.24, 2.45) is 0 Å². The summed E-state index contributed by atoms with van der Waals surface area (Å²) in [6, 6.07) is 4.94. The summed E-state index contributed by atoms with van der Waals surface area (Å²) in [5.41, 5.74) is -0.712. The maximum absolute atomic E-state index is 12.9. The molecular weight excluding hydrogens is 421 g/mol. The summed E-state index contributed by atoms with van der Waals surface area (Å²) in [5, 5.41) is -0.195. The maximum Gasteiger partial charge on any atom is 0.419 e. The van der Waals surface area contributed by atoms with Gasteiger partial charge in [-0.2, -0.15) is 13.2 Å². The van der Waals surface area contributed by atoms with Gasteiger partial charge in [0.25, 0.3) is 10.0 Å². The van der Waals surface area contributed by atoms with Crippen LogP contribution in [0.4, 0.5) is 18.9 Å². The number of hydrogen-bond donors (Lipinski definition) is 1. The Labute approximate surface area is 162 Å². The molecule has 2 aromatic carbocycles. The number of fused-ring (bicyclic) bond motifs is 1. The molecule has 11 heteroatoms. The monoisotopic (exact) mass is 434 g/mol. The number of aromatic nitrogens is 1. The van der Waals surface area contributed by atoms with Gasteiger partial charge in [-0.3, -0.25) is 9.29 Å². The van der Waals surface area contributed by atoms with Crippen LogP contribution < -0.4 is 10.5 Å². The number of alkyl halides is 3. The molecule has 0 spiro atoms. The molecule has 0 aliphatic rings. The molecule has 1 aromatic heterocycles. The third-order valence-electron chi connectivity index (χ3n) is 4.11. The first kappa shape index (κ1) is 20.3. The van der Waals surface area contributed by atoms with E-state index < -0.39 is 33.2 Å². The third-order valence-corrected chi connectivity index (χ3v) is 5.95. The Morgan fingerprint density at radius 2 is 1.89 bits per heavy atom. The first-order chi connectivity index (χ1) is 12.9. The van der Waals surface area contributed by atoms with E-state index >= 15 is 0 Å². The molecule has 0 atom stereocenters. The van der Waals surface area contributed by atoms with E-state index in [1.54, 1.807) is 6.92 Å². The molecule has 0 fully saturated rings. The maximum atomic E-state index is 12.9. The highest BCUT2D eigenvalue weighted by atomic mass is 35.5. The number of hydrogen-bond acceptors (Lipinski definition) is 4. The largest absolute Gasteiger partial charge is 0.419 e. The fraction of sp³-hybridized carbons (Fsp3) is 0.235. The predicted molar refractivity (Wildman–Crippen MR) is 98.1 cm³/mol. The van der Waals surface area contributed by atoms with Crippen LogP contribution in [0.15, 0.2) is 44.4 Å². The smallest absolute Gasteiger partial charge is 0.408 e. The van der Waals surface area contributed by atoms with Gasteiger partial charge >= 0.3 is 11.9 Å². The molecule has 0 unspecified atom stereocenters. The van der Waals surface area contributed by atoms with Crippen LogP contribution in [0.5, 0.6) is 0 Å². The van der Waals surface area contributed by atoms with E-state index in [9.17, 15) is 26.4 Å². The lowest BCUT2D eigenvalue weighted by atomic mass is 10.2. The van der Waals surface area contributed by atoms with Gasteiger partial charge in [0.15, 0.2) is 5.58 Å². The first-order valence-electron chi connectivity index (χ1n) is 7.97. The number of nitrogens with zero attached hydrogens (tertiary/aromatic N) is 1. The molecule has 28 heavy (non-hydrogen) atoms. The van der Waals surface area contributed by atoms with Crippen molar-refractivity contribution >= 4 is 38.4 Å². The molecule has 0 aliphatic heterocycles. The van der Waals surface area contributed by atoms with Crippen LogP contribution in [0.25, 0.3) is 11.1 Å². The highest BCUT2D eigenvalue weighted by Crippen LogP contribution is 2.35. The lowest BCUT2D eigenvalue weighted by molar-refractivity contribution is -0.137. The highest BCUT2D eigenvalue weighted by Gasteiger charge is 2.31. The van der Waals surface area contributed by atoms with E-state index in [2.05, 4.69) is 4.72 Å². The zero-order valence-electron chi connectivity index (χ0n) is 14.6. The average molecular weight is 435 g/mol. The highest BCUT2D eigenvalue weighted by molar-refractivity contribution is 7.92. The SMILES string of the molecule is CCn1c(=O)oc2cc(S(=O)(=O)Nc3cc(C(F)(F)F)ccc3Cl)c(C)cc21. The molecule has 1 N–H and O–H groups in total. The van der Waals surface area contributed by atoms with Crippen molar-refractivity contribution in [3.63, 3.8) is 0 Å². The molecule has 0 saturated heterocycles. The van der Waals surface area contributed by atoms with Crippen molar-refractivity contribution in [1.82, 2.24) is 4.57 Å². The molecular formula is C17H14ClF3N2O4S. The average Bonchev–Trinajstić information content (AvgIpc) is 2.89. The zero-order chi connectivity index (χ0) is 20.9. The lowest BCUT2D eigenvalue weighted by Crippen LogP contribution is -2.16. The molecule has 0 radical (unpaired) electrons. The molecule has 0 aliphatic carbocycles. The third kappa shape index (κ3) is 3.61. The predicted octanol–water partition coefficient (Wildman–Crippen LogP) is 4.40. The summed E-state index contributed by atoms with van der Waals surface area (Å²) in [4.78, 5) is 11.6. The number of aryl methyl sites for hydroxylation is 2. The van der Waals surface area contributed by atoms with Crippen molar-refractivity contribution in [3.8, 4) is 0 Å². The minimum absolute atomic E-state index is 0.0490. The van der Waals surface area contributed by atoms with Crippen molar-refractivity contribution < 1.29 is 26.0 Å². The van der Waals surface area contributed by atoms with E-state index in [0.717, 1.165) is 18.2 Å². The Morgan fingerprint density at radius 3 is 2.50 bits per heavy atom. The van der Waals surface area contributed by atoms with E-state index in [1.807, 2.05) is 0 Å². The molecule has 0 bridgehead atoms. The lowest BCUT2D eigenvalue weighted by Gasteiger charge is -2.14. The quantitative estimate of drug-likeness (QED) is 0.660. The second kappa shape index (κ2) is 6.85.